The molecule has 6 aromatic rings. The van der Waals surface area contributed by atoms with Crippen LogP contribution >= 0.6 is 14.5 Å². The summed E-state index contributed by atoms with van der Waals surface area (Å²) in [6.07, 6.45) is 5.73. The standard InChI is InChI=1S/C49H54O5P2/c1-36-7-21-44(22-8-36)55(45-23-11-39(50-2)12-24-45,46-25-13-40(51-3)14-26-46)34-37-9-10-38(33-37)35-56(47-27-15-41(52-4)16-28-47,48-29-17-42(53-5)18-30-48)49-31-19-43(54-6)20-32-49/h7-8,11-32,37-38H,9-10,33-35H2,1-6H3/q+2. The molecule has 0 radical (unpaired) electrons. The number of ether oxygens (including phenoxy) is 5. The van der Waals surface area contributed by atoms with E-state index < -0.39 is 14.5 Å². The van der Waals surface area contributed by atoms with E-state index in [2.05, 4.69) is 153 Å². The summed E-state index contributed by atoms with van der Waals surface area (Å²) >= 11 is 0. The predicted octanol–water partition coefficient (Wildman–Crippen LogP) is 8.74. The number of aryl methyl sites for hydroxylation is 1. The second kappa shape index (κ2) is 17.5. The first-order chi connectivity index (χ1) is 27.3. The predicted molar refractivity (Wildman–Crippen MR) is 238 cm³/mol. The Bertz CT molecular complexity index is 1990. The SMILES string of the molecule is COc1ccc([P+](CC2CCC(C[P+](c3ccc(OC)cc3)(c3ccc(OC)cc3)c3ccc(OC)cc3)C2)(c2ccc(C)cc2)c2ccc(OC)cc2)cc1. The summed E-state index contributed by atoms with van der Waals surface area (Å²) in [5.74, 6) is 5.43. The van der Waals surface area contributed by atoms with Gasteiger partial charge >= 0.3 is 0 Å². The molecule has 2 atom stereocenters. The Labute approximate surface area is 334 Å². The second-order valence-electron chi connectivity index (χ2n) is 14.9. The topological polar surface area (TPSA) is 46.2 Å². The maximum atomic E-state index is 5.66. The molecule has 0 aliphatic heterocycles. The van der Waals surface area contributed by atoms with Crippen molar-refractivity contribution in [2.24, 2.45) is 11.8 Å². The molecule has 1 saturated carbocycles. The van der Waals surface area contributed by atoms with E-state index in [1.54, 1.807) is 35.5 Å². The van der Waals surface area contributed by atoms with E-state index in [1.165, 1.54) is 56.7 Å². The largest absolute Gasteiger partial charge is 0.497 e. The summed E-state index contributed by atoms with van der Waals surface area (Å²) in [6.45, 7) is 2.18. The third-order valence-corrected chi connectivity index (χ3v) is 21.0. The fourth-order valence-electron chi connectivity index (χ4n) is 8.79. The summed E-state index contributed by atoms with van der Waals surface area (Å²) in [4.78, 5) is 0. The minimum Gasteiger partial charge on any atom is -0.497 e. The average Bonchev–Trinajstić information content (AvgIpc) is 3.71. The Balaban J connectivity index is 1.32. The van der Waals surface area contributed by atoms with Crippen LogP contribution in [-0.2, 0) is 0 Å². The van der Waals surface area contributed by atoms with E-state index in [0.29, 0.717) is 11.8 Å². The molecule has 0 saturated heterocycles. The molecule has 7 rings (SSSR count). The summed E-state index contributed by atoms with van der Waals surface area (Å²) in [7, 11) is 4.43. The van der Waals surface area contributed by atoms with Crippen LogP contribution in [0, 0.1) is 18.8 Å². The smallest absolute Gasteiger partial charge is 0.119 e. The highest BCUT2D eigenvalue weighted by atomic mass is 31.2. The van der Waals surface area contributed by atoms with E-state index in [0.717, 1.165) is 41.1 Å². The molecule has 0 bridgehead atoms. The van der Waals surface area contributed by atoms with E-state index in [-0.39, 0.29) is 0 Å². The highest BCUT2D eigenvalue weighted by molar-refractivity contribution is 7.96. The maximum Gasteiger partial charge on any atom is 0.119 e. The van der Waals surface area contributed by atoms with Crippen LogP contribution in [-0.4, -0.2) is 47.9 Å². The molecule has 288 valence electrons. The Morgan fingerprint density at radius 3 is 0.786 bits per heavy atom. The summed E-state index contributed by atoms with van der Waals surface area (Å²) in [5, 5.41) is 8.25. The highest BCUT2D eigenvalue weighted by Gasteiger charge is 2.52. The van der Waals surface area contributed by atoms with Crippen LogP contribution < -0.4 is 55.5 Å². The minimum atomic E-state index is -2.15. The number of benzene rings is 6. The van der Waals surface area contributed by atoms with Crippen LogP contribution in [0.25, 0.3) is 0 Å². The van der Waals surface area contributed by atoms with Gasteiger partial charge in [-0.2, -0.15) is 0 Å². The first-order valence-corrected chi connectivity index (χ1v) is 23.4. The summed E-state index contributed by atoms with van der Waals surface area (Å²) < 4.78 is 28.3. The Morgan fingerprint density at radius 1 is 0.357 bits per heavy atom. The summed E-state index contributed by atoms with van der Waals surface area (Å²) in [5.41, 5.74) is 1.27. The highest BCUT2D eigenvalue weighted by Crippen LogP contribution is 2.62. The zero-order valence-corrected chi connectivity index (χ0v) is 35.3. The van der Waals surface area contributed by atoms with Crippen LogP contribution in [0.4, 0.5) is 0 Å². The molecular formula is C49H54O5P2+2. The van der Waals surface area contributed by atoms with Gasteiger partial charge in [0.05, 0.1) is 47.9 Å². The molecular weight excluding hydrogens is 730 g/mol. The first kappa shape index (κ1) is 39.4. The zero-order chi connectivity index (χ0) is 39.1. The van der Waals surface area contributed by atoms with E-state index in [1.807, 2.05) is 0 Å². The van der Waals surface area contributed by atoms with Crippen molar-refractivity contribution in [2.45, 2.75) is 26.2 Å². The van der Waals surface area contributed by atoms with Gasteiger partial charge in [-0.05, 0) is 171 Å². The fourth-order valence-corrected chi connectivity index (χ4v) is 18.0. The van der Waals surface area contributed by atoms with Gasteiger partial charge in [0.25, 0.3) is 0 Å². The van der Waals surface area contributed by atoms with Crippen LogP contribution in [0.15, 0.2) is 146 Å². The van der Waals surface area contributed by atoms with Gasteiger partial charge in [0, 0.05) is 0 Å². The van der Waals surface area contributed by atoms with Gasteiger partial charge in [0.1, 0.15) is 75.1 Å². The Kier molecular flexibility index (Phi) is 12.3. The molecule has 56 heavy (non-hydrogen) atoms. The number of rotatable bonds is 15. The zero-order valence-electron chi connectivity index (χ0n) is 33.5. The molecule has 0 N–H and O–H groups in total. The monoisotopic (exact) mass is 784 g/mol. The lowest BCUT2D eigenvalue weighted by Gasteiger charge is -2.31. The lowest BCUT2D eigenvalue weighted by molar-refractivity contribution is 0.415. The first-order valence-electron chi connectivity index (χ1n) is 19.4. The molecule has 2 unspecified atom stereocenters. The van der Waals surface area contributed by atoms with Crippen LogP contribution in [0.3, 0.4) is 0 Å². The van der Waals surface area contributed by atoms with Crippen molar-refractivity contribution in [3.05, 3.63) is 151 Å². The summed E-state index contributed by atoms with van der Waals surface area (Å²) in [6, 6.07) is 53.7. The van der Waals surface area contributed by atoms with Crippen molar-refractivity contribution >= 4 is 46.4 Å². The third kappa shape index (κ3) is 7.90. The normalized spacial score (nSPS) is 15.6. The molecule has 0 amide bonds. The van der Waals surface area contributed by atoms with E-state index in [4.69, 9.17) is 23.7 Å². The minimum absolute atomic E-state index is 0.534. The van der Waals surface area contributed by atoms with Crippen molar-refractivity contribution in [3.63, 3.8) is 0 Å². The van der Waals surface area contributed by atoms with Gasteiger partial charge in [0.2, 0.25) is 0 Å². The molecule has 1 aliphatic carbocycles. The van der Waals surface area contributed by atoms with Gasteiger partial charge < -0.3 is 23.7 Å². The van der Waals surface area contributed by atoms with Crippen LogP contribution in [0.1, 0.15) is 24.8 Å². The van der Waals surface area contributed by atoms with Gasteiger partial charge in [-0.15, -0.1) is 0 Å². The number of methoxy groups -OCH3 is 5. The average molecular weight is 785 g/mol. The molecule has 7 heteroatoms. The molecule has 0 spiro atoms. The van der Waals surface area contributed by atoms with Gasteiger partial charge in [-0.3, -0.25) is 0 Å². The maximum absolute atomic E-state index is 5.66. The lowest BCUT2D eigenvalue weighted by atomic mass is 10.1. The van der Waals surface area contributed by atoms with Crippen molar-refractivity contribution in [2.75, 3.05) is 47.9 Å². The molecule has 6 aromatic carbocycles. The Hall–Kier alpha value is -4.82. The van der Waals surface area contributed by atoms with Crippen molar-refractivity contribution < 1.29 is 23.7 Å². The molecule has 0 heterocycles. The number of hydrogen-bond acceptors (Lipinski definition) is 5. The molecule has 5 nitrogen and oxygen atoms in total. The number of hydrogen-bond donors (Lipinski definition) is 0. The Morgan fingerprint density at radius 2 is 0.571 bits per heavy atom. The molecule has 0 aromatic heterocycles. The van der Waals surface area contributed by atoms with Crippen molar-refractivity contribution in [1.29, 1.82) is 0 Å². The van der Waals surface area contributed by atoms with Crippen LogP contribution in [0.5, 0.6) is 28.7 Å². The molecule has 1 fully saturated rings. The van der Waals surface area contributed by atoms with E-state index >= 15 is 0 Å². The fraction of sp³-hybridized carbons (Fsp3) is 0.265. The van der Waals surface area contributed by atoms with E-state index in [9.17, 15) is 0 Å². The van der Waals surface area contributed by atoms with Crippen molar-refractivity contribution in [3.8, 4) is 28.7 Å². The quantitative estimate of drug-likeness (QED) is 0.0976. The third-order valence-electron chi connectivity index (χ3n) is 11.8. The van der Waals surface area contributed by atoms with Gasteiger partial charge in [0.15, 0.2) is 0 Å². The van der Waals surface area contributed by atoms with Crippen LogP contribution in [0.2, 0.25) is 0 Å². The molecule has 1 aliphatic rings. The van der Waals surface area contributed by atoms with Crippen molar-refractivity contribution in [1.82, 2.24) is 0 Å². The van der Waals surface area contributed by atoms with Gasteiger partial charge in [-0.1, -0.05) is 17.7 Å². The second-order valence-corrected chi connectivity index (χ2v) is 21.9. The van der Waals surface area contributed by atoms with Gasteiger partial charge in [-0.25, -0.2) is 0 Å². The lowest BCUT2D eigenvalue weighted by Crippen LogP contribution is -2.36.